The van der Waals surface area contributed by atoms with Crippen LogP contribution >= 0.6 is 0 Å². The second kappa shape index (κ2) is 5.03. The topological polar surface area (TPSA) is 40.1 Å². The molecular formula is C8H7F2LiO2S. The molecule has 72 valence electrons. The van der Waals surface area contributed by atoms with Gasteiger partial charge in [-0.05, 0) is 23.2 Å². The molecule has 6 heteroatoms. The van der Waals surface area contributed by atoms with E-state index >= 15 is 0 Å². The molecule has 0 bridgehead atoms. The van der Waals surface area contributed by atoms with Crippen molar-refractivity contribution < 1.29 is 36.4 Å². The number of hydrogen-bond acceptors (Lipinski definition) is 2. The largest absolute Gasteiger partial charge is 1.00 e. The molecule has 0 spiro atoms. The van der Waals surface area contributed by atoms with Crippen molar-refractivity contribution in [1.82, 2.24) is 0 Å². The normalized spacial score (nSPS) is 13.1. The third kappa shape index (κ3) is 3.50. The average molecular weight is 212 g/mol. The Kier molecular flexibility index (Phi) is 4.96. The van der Waals surface area contributed by atoms with Gasteiger partial charge in [0.2, 0.25) is 0 Å². The van der Waals surface area contributed by atoms with E-state index in [0.717, 1.165) is 13.0 Å². The number of hydrogen-bond donors (Lipinski definition) is 0. The van der Waals surface area contributed by atoms with Gasteiger partial charge in [0, 0.05) is 17.4 Å². The van der Waals surface area contributed by atoms with Gasteiger partial charge in [-0.2, -0.15) is 0 Å². The van der Waals surface area contributed by atoms with Crippen LogP contribution in [-0.4, -0.2) is 8.76 Å². The maximum Gasteiger partial charge on any atom is 1.00 e. The van der Waals surface area contributed by atoms with E-state index in [0.29, 0.717) is 0 Å². The Morgan fingerprint density at radius 2 is 2.00 bits per heavy atom. The minimum absolute atomic E-state index is 0. The average Bonchev–Trinajstić information content (AvgIpc) is 2.03. The van der Waals surface area contributed by atoms with Crippen LogP contribution in [0, 0.1) is 0 Å². The molecule has 0 aliphatic heterocycles. The van der Waals surface area contributed by atoms with E-state index in [1.54, 1.807) is 0 Å². The van der Waals surface area contributed by atoms with Crippen LogP contribution in [0.3, 0.4) is 0 Å². The van der Waals surface area contributed by atoms with E-state index in [9.17, 15) is 17.5 Å². The van der Waals surface area contributed by atoms with E-state index in [2.05, 4.69) is 0 Å². The van der Waals surface area contributed by atoms with Crippen molar-refractivity contribution in [3.05, 3.63) is 29.8 Å². The summed E-state index contributed by atoms with van der Waals surface area (Å²) in [4.78, 5) is -0.126. The molecule has 1 rings (SSSR count). The third-order valence-corrected chi connectivity index (χ3v) is 2.17. The smallest absolute Gasteiger partial charge is 0.768 e. The molecule has 0 aromatic heterocycles. The monoisotopic (exact) mass is 212 g/mol. The summed E-state index contributed by atoms with van der Waals surface area (Å²) in [6.07, 6.45) is 0. The Morgan fingerprint density at radius 3 is 2.43 bits per heavy atom. The molecule has 1 atom stereocenters. The first kappa shape index (κ1) is 13.8. The predicted molar refractivity (Wildman–Crippen MR) is 43.2 cm³/mol. The molecule has 0 aliphatic rings. The van der Waals surface area contributed by atoms with Crippen LogP contribution in [0.15, 0.2) is 29.2 Å². The number of alkyl halides is 2. The van der Waals surface area contributed by atoms with Crippen LogP contribution in [0.2, 0.25) is 0 Å². The van der Waals surface area contributed by atoms with Crippen molar-refractivity contribution in [1.29, 1.82) is 0 Å². The van der Waals surface area contributed by atoms with E-state index in [4.69, 9.17) is 0 Å². The van der Waals surface area contributed by atoms with Gasteiger partial charge in [0.15, 0.2) is 0 Å². The number of benzene rings is 1. The third-order valence-electron chi connectivity index (χ3n) is 1.53. The minimum Gasteiger partial charge on any atom is -0.768 e. The van der Waals surface area contributed by atoms with Crippen LogP contribution in [0.25, 0.3) is 0 Å². The van der Waals surface area contributed by atoms with Gasteiger partial charge in [0.1, 0.15) is 0 Å². The fraction of sp³-hybridized carbons (Fsp3) is 0.250. The van der Waals surface area contributed by atoms with Crippen molar-refractivity contribution in [2.24, 2.45) is 0 Å². The van der Waals surface area contributed by atoms with Crippen LogP contribution in [0.4, 0.5) is 8.78 Å². The first-order valence-corrected chi connectivity index (χ1v) is 4.56. The van der Waals surface area contributed by atoms with Crippen molar-refractivity contribution in [3.8, 4) is 0 Å². The zero-order chi connectivity index (χ0) is 10.1. The molecule has 0 amide bonds. The van der Waals surface area contributed by atoms with Crippen molar-refractivity contribution in [3.63, 3.8) is 0 Å². The SMILES string of the molecule is CC(F)(F)c1cccc(S(=O)[O-])c1.[Li+]. The fourth-order valence-corrected chi connectivity index (χ4v) is 1.29. The first-order valence-electron chi connectivity index (χ1n) is 3.49. The summed E-state index contributed by atoms with van der Waals surface area (Å²) in [5.41, 5.74) is -0.297. The molecule has 0 saturated carbocycles. The zero-order valence-corrected chi connectivity index (χ0v) is 8.61. The van der Waals surface area contributed by atoms with Gasteiger partial charge >= 0.3 is 18.9 Å². The van der Waals surface area contributed by atoms with Crippen molar-refractivity contribution in [2.75, 3.05) is 0 Å². The minimum atomic E-state index is -3.00. The fourth-order valence-electron chi connectivity index (χ4n) is 0.873. The summed E-state index contributed by atoms with van der Waals surface area (Å²) < 4.78 is 46.3. The van der Waals surface area contributed by atoms with E-state index in [1.807, 2.05) is 0 Å². The molecule has 0 N–H and O–H groups in total. The van der Waals surface area contributed by atoms with Gasteiger partial charge in [0.25, 0.3) is 5.92 Å². The molecular weight excluding hydrogens is 205 g/mol. The molecule has 0 radical (unpaired) electrons. The molecule has 1 aromatic rings. The van der Waals surface area contributed by atoms with Gasteiger partial charge in [-0.25, -0.2) is 8.78 Å². The summed E-state index contributed by atoms with van der Waals surface area (Å²) in [7, 11) is 0. The second-order valence-corrected chi connectivity index (χ2v) is 3.59. The Bertz CT molecular complexity index is 338. The van der Waals surface area contributed by atoms with Gasteiger partial charge in [-0.15, -0.1) is 0 Å². The van der Waals surface area contributed by atoms with Gasteiger partial charge < -0.3 is 4.55 Å². The summed E-state index contributed by atoms with van der Waals surface area (Å²) in [6.45, 7) is 0.722. The van der Waals surface area contributed by atoms with E-state index < -0.39 is 17.0 Å². The van der Waals surface area contributed by atoms with Crippen molar-refractivity contribution in [2.45, 2.75) is 17.7 Å². The van der Waals surface area contributed by atoms with Gasteiger partial charge in [-0.3, -0.25) is 4.21 Å². The summed E-state index contributed by atoms with van der Waals surface area (Å²) in [5.74, 6) is -3.00. The Balaban J connectivity index is 0.00000169. The maximum absolute atomic E-state index is 12.7. The maximum atomic E-state index is 12.7. The Hall–Kier alpha value is -0.213. The van der Waals surface area contributed by atoms with E-state index in [-0.39, 0.29) is 29.3 Å². The molecule has 0 heterocycles. The Labute approximate surface area is 95.2 Å². The second-order valence-electron chi connectivity index (χ2n) is 2.65. The molecule has 0 saturated heterocycles. The molecule has 1 aromatic carbocycles. The molecule has 14 heavy (non-hydrogen) atoms. The predicted octanol–water partition coefficient (Wildman–Crippen LogP) is -0.960. The zero-order valence-electron chi connectivity index (χ0n) is 7.79. The summed E-state index contributed by atoms with van der Waals surface area (Å²) in [5, 5.41) is 0. The van der Waals surface area contributed by atoms with Crippen LogP contribution in [0.5, 0.6) is 0 Å². The first-order chi connectivity index (χ1) is 5.91. The van der Waals surface area contributed by atoms with Gasteiger partial charge in [-0.1, -0.05) is 12.1 Å². The number of rotatable bonds is 2. The molecule has 1 unspecified atom stereocenters. The van der Waals surface area contributed by atoms with E-state index in [1.165, 1.54) is 18.2 Å². The molecule has 0 fully saturated rings. The van der Waals surface area contributed by atoms with Crippen LogP contribution in [0.1, 0.15) is 12.5 Å². The van der Waals surface area contributed by atoms with Crippen LogP contribution in [-0.2, 0) is 17.0 Å². The Morgan fingerprint density at radius 1 is 1.43 bits per heavy atom. The quantitative estimate of drug-likeness (QED) is 0.468. The number of halogens is 2. The molecule has 0 aliphatic carbocycles. The summed E-state index contributed by atoms with van der Waals surface area (Å²) >= 11 is -2.46. The van der Waals surface area contributed by atoms with Gasteiger partial charge in [0.05, 0.1) is 0 Å². The van der Waals surface area contributed by atoms with Crippen LogP contribution < -0.4 is 18.9 Å². The summed E-state index contributed by atoms with van der Waals surface area (Å²) in [6, 6.07) is 4.70. The van der Waals surface area contributed by atoms with Crippen molar-refractivity contribution >= 4 is 11.1 Å². The standard InChI is InChI=1S/C8H8F2O2S.Li/c1-8(9,10)6-3-2-4-7(5-6)13(11)12;/h2-5H,1H3,(H,11,12);/q;+1/p-1. The molecule has 2 nitrogen and oxygen atoms in total.